The van der Waals surface area contributed by atoms with Crippen molar-refractivity contribution >= 4 is 5.91 Å². The topological polar surface area (TPSA) is 64.4 Å². The molecule has 0 atom stereocenters. The summed E-state index contributed by atoms with van der Waals surface area (Å²) in [7, 11) is 0. The number of hydrogen-bond donors (Lipinski definition) is 2. The zero-order valence-corrected chi connectivity index (χ0v) is 11.1. The normalized spacial score (nSPS) is 15.3. The van der Waals surface area contributed by atoms with Crippen LogP contribution in [0.4, 0.5) is 4.39 Å². The molecule has 2 rings (SSSR count). The largest absolute Gasteiger partial charge is 0.381 e. The van der Waals surface area contributed by atoms with E-state index in [9.17, 15) is 9.18 Å². The third-order valence-electron chi connectivity index (χ3n) is 3.11. The highest BCUT2D eigenvalue weighted by molar-refractivity contribution is 5.97. The van der Waals surface area contributed by atoms with Crippen LogP contribution in [0.5, 0.6) is 0 Å². The molecule has 20 heavy (non-hydrogen) atoms. The van der Waals surface area contributed by atoms with Gasteiger partial charge in [-0.15, -0.1) is 0 Å². The van der Waals surface area contributed by atoms with E-state index in [1.807, 2.05) is 0 Å². The number of nitrogens with one attached hydrogen (secondary N) is 1. The van der Waals surface area contributed by atoms with Crippen molar-refractivity contribution in [3.05, 3.63) is 35.1 Å². The molecule has 0 spiro atoms. The van der Waals surface area contributed by atoms with Crippen LogP contribution in [0.15, 0.2) is 18.2 Å². The molecule has 4 nitrogen and oxygen atoms in total. The molecular formula is C15H17FN2O2. The monoisotopic (exact) mass is 276 g/mol. The molecular weight excluding hydrogens is 259 g/mol. The summed E-state index contributed by atoms with van der Waals surface area (Å²) in [4.78, 5) is 12.2. The first-order valence-corrected chi connectivity index (χ1v) is 6.58. The van der Waals surface area contributed by atoms with Crippen LogP contribution in [0, 0.1) is 17.7 Å². The molecule has 1 fully saturated rings. The van der Waals surface area contributed by atoms with E-state index >= 15 is 0 Å². The van der Waals surface area contributed by atoms with Crippen molar-refractivity contribution in [2.45, 2.75) is 18.9 Å². The summed E-state index contributed by atoms with van der Waals surface area (Å²) in [5.74, 6) is 4.70. The quantitative estimate of drug-likeness (QED) is 0.793. The Morgan fingerprint density at radius 1 is 1.45 bits per heavy atom. The Morgan fingerprint density at radius 3 is 2.90 bits per heavy atom. The third-order valence-corrected chi connectivity index (χ3v) is 3.11. The highest BCUT2D eigenvalue weighted by Crippen LogP contribution is 2.13. The lowest BCUT2D eigenvalue weighted by Gasteiger charge is -2.23. The fraction of sp³-hybridized carbons (Fsp3) is 0.400. The van der Waals surface area contributed by atoms with Crippen molar-refractivity contribution in [3.8, 4) is 11.8 Å². The molecule has 0 radical (unpaired) electrons. The van der Waals surface area contributed by atoms with Crippen LogP contribution in [-0.2, 0) is 4.74 Å². The number of rotatable bonds is 2. The number of carbonyl (C=O) groups excluding carboxylic acids is 1. The predicted molar refractivity (Wildman–Crippen MR) is 73.6 cm³/mol. The maximum absolute atomic E-state index is 13.3. The minimum absolute atomic E-state index is 0.0647. The maximum Gasteiger partial charge on any atom is 0.252 e. The molecule has 3 N–H and O–H groups in total. The van der Waals surface area contributed by atoms with Crippen molar-refractivity contribution in [3.63, 3.8) is 0 Å². The van der Waals surface area contributed by atoms with Gasteiger partial charge in [0.05, 0.1) is 12.1 Å². The Hall–Kier alpha value is -1.90. The molecule has 1 saturated heterocycles. The van der Waals surface area contributed by atoms with Gasteiger partial charge in [-0.05, 0) is 31.0 Å². The molecule has 0 unspecified atom stereocenters. The standard InChI is InChI=1S/C15H17FN2O2/c16-12-4-3-11(2-1-7-17)14(10-12)15(19)18-13-5-8-20-9-6-13/h3-4,10,13H,5-9,17H2,(H,18,19). The number of hydrogen-bond acceptors (Lipinski definition) is 3. The average Bonchev–Trinajstić information content (AvgIpc) is 2.47. The number of benzene rings is 1. The second kappa shape index (κ2) is 7.04. The highest BCUT2D eigenvalue weighted by atomic mass is 19.1. The van der Waals surface area contributed by atoms with Gasteiger partial charge in [0.1, 0.15) is 5.82 Å². The van der Waals surface area contributed by atoms with Crippen LogP contribution >= 0.6 is 0 Å². The van der Waals surface area contributed by atoms with Crippen LogP contribution in [0.3, 0.4) is 0 Å². The summed E-state index contributed by atoms with van der Waals surface area (Å²) < 4.78 is 18.6. The van der Waals surface area contributed by atoms with Gasteiger partial charge in [-0.1, -0.05) is 11.8 Å². The first-order chi connectivity index (χ1) is 9.70. The van der Waals surface area contributed by atoms with Gasteiger partial charge in [-0.2, -0.15) is 0 Å². The number of nitrogens with two attached hydrogens (primary N) is 1. The minimum Gasteiger partial charge on any atom is -0.381 e. The summed E-state index contributed by atoms with van der Waals surface area (Å²) in [6, 6.07) is 4.05. The van der Waals surface area contributed by atoms with Gasteiger partial charge in [0, 0.05) is 24.8 Å². The van der Waals surface area contributed by atoms with Crippen molar-refractivity contribution in [1.29, 1.82) is 0 Å². The Labute approximate surface area is 117 Å². The van der Waals surface area contributed by atoms with E-state index in [1.54, 1.807) is 0 Å². The van der Waals surface area contributed by atoms with Crippen molar-refractivity contribution in [2.75, 3.05) is 19.8 Å². The van der Waals surface area contributed by atoms with E-state index in [0.717, 1.165) is 12.8 Å². The smallest absolute Gasteiger partial charge is 0.252 e. The predicted octanol–water partition coefficient (Wildman–Crippen LogP) is 1.04. The Morgan fingerprint density at radius 2 is 2.20 bits per heavy atom. The molecule has 1 aromatic carbocycles. The zero-order chi connectivity index (χ0) is 14.4. The molecule has 1 aliphatic rings. The zero-order valence-electron chi connectivity index (χ0n) is 11.1. The Bertz CT molecular complexity index is 543. The fourth-order valence-electron chi connectivity index (χ4n) is 2.06. The first kappa shape index (κ1) is 14.5. The summed E-state index contributed by atoms with van der Waals surface area (Å²) in [6.07, 6.45) is 1.54. The van der Waals surface area contributed by atoms with Gasteiger partial charge < -0.3 is 15.8 Å². The van der Waals surface area contributed by atoms with Crippen LogP contribution < -0.4 is 11.1 Å². The van der Waals surface area contributed by atoms with Crippen molar-refractivity contribution in [1.82, 2.24) is 5.32 Å². The lowest BCUT2D eigenvalue weighted by Crippen LogP contribution is -2.39. The van der Waals surface area contributed by atoms with E-state index in [4.69, 9.17) is 10.5 Å². The fourth-order valence-corrected chi connectivity index (χ4v) is 2.06. The molecule has 0 bridgehead atoms. The molecule has 0 aliphatic carbocycles. The van der Waals surface area contributed by atoms with E-state index in [-0.39, 0.29) is 24.1 Å². The van der Waals surface area contributed by atoms with E-state index in [0.29, 0.717) is 18.8 Å². The van der Waals surface area contributed by atoms with Crippen LogP contribution in [0.2, 0.25) is 0 Å². The van der Waals surface area contributed by atoms with Gasteiger partial charge in [0.2, 0.25) is 0 Å². The van der Waals surface area contributed by atoms with E-state index in [1.165, 1.54) is 18.2 Å². The SMILES string of the molecule is NCC#Cc1ccc(F)cc1C(=O)NC1CCOCC1. The van der Waals surface area contributed by atoms with Gasteiger partial charge in [0.15, 0.2) is 0 Å². The second-order valence-electron chi connectivity index (χ2n) is 4.56. The average molecular weight is 276 g/mol. The molecule has 1 aliphatic heterocycles. The maximum atomic E-state index is 13.3. The summed E-state index contributed by atoms with van der Waals surface area (Å²) >= 11 is 0. The number of halogens is 1. The van der Waals surface area contributed by atoms with Gasteiger partial charge in [-0.25, -0.2) is 4.39 Å². The van der Waals surface area contributed by atoms with Gasteiger partial charge >= 0.3 is 0 Å². The van der Waals surface area contributed by atoms with Gasteiger partial charge in [0.25, 0.3) is 5.91 Å². The summed E-state index contributed by atoms with van der Waals surface area (Å²) in [6.45, 7) is 1.46. The van der Waals surface area contributed by atoms with Crippen LogP contribution in [0.1, 0.15) is 28.8 Å². The molecule has 1 heterocycles. The highest BCUT2D eigenvalue weighted by Gasteiger charge is 2.18. The molecule has 1 aromatic rings. The third kappa shape index (κ3) is 3.80. The van der Waals surface area contributed by atoms with E-state index < -0.39 is 5.82 Å². The molecule has 0 aromatic heterocycles. The van der Waals surface area contributed by atoms with Crippen LogP contribution in [-0.4, -0.2) is 31.7 Å². The molecule has 106 valence electrons. The van der Waals surface area contributed by atoms with Crippen molar-refractivity contribution < 1.29 is 13.9 Å². The Kier molecular flexibility index (Phi) is 5.10. The lowest BCUT2D eigenvalue weighted by atomic mass is 10.0. The number of amides is 1. The molecule has 1 amide bonds. The van der Waals surface area contributed by atoms with Crippen molar-refractivity contribution in [2.24, 2.45) is 5.73 Å². The lowest BCUT2D eigenvalue weighted by molar-refractivity contribution is 0.0696. The second-order valence-corrected chi connectivity index (χ2v) is 4.56. The Balaban J connectivity index is 2.16. The number of ether oxygens (including phenoxy) is 1. The summed E-state index contributed by atoms with van der Waals surface area (Å²) in [5, 5.41) is 2.89. The molecule has 0 saturated carbocycles. The summed E-state index contributed by atoms with van der Waals surface area (Å²) in [5.41, 5.74) is 6.05. The number of carbonyl (C=O) groups is 1. The first-order valence-electron chi connectivity index (χ1n) is 6.58. The minimum atomic E-state index is -0.458. The molecule has 5 heteroatoms. The van der Waals surface area contributed by atoms with E-state index in [2.05, 4.69) is 17.2 Å². The van der Waals surface area contributed by atoms with Gasteiger partial charge in [-0.3, -0.25) is 4.79 Å². The van der Waals surface area contributed by atoms with Crippen LogP contribution in [0.25, 0.3) is 0 Å².